The van der Waals surface area contributed by atoms with Crippen LogP contribution in [0.4, 0.5) is 10.9 Å². The second-order valence-electron chi connectivity index (χ2n) is 10.3. The fourth-order valence-electron chi connectivity index (χ4n) is 4.39. The molecule has 0 saturated carbocycles. The molecule has 2 aromatic heterocycles. The number of β-lactam (4-membered cyclic amide) rings is 1. The van der Waals surface area contributed by atoms with E-state index in [1.165, 1.54) is 25.6 Å². The fourth-order valence-corrected chi connectivity index (χ4v) is 6.16. The first-order valence-corrected chi connectivity index (χ1v) is 14.9. The number of carboxylic acids is 2. The number of thioether (sulfide) groups is 1. The number of aliphatic carboxylic acids is 2. The molecular weight excluding hydrogens is 620 g/mol. The predicted molar refractivity (Wildman–Crippen MR) is 156 cm³/mol. The van der Waals surface area contributed by atoms with Crippen LogP contribution in [0.1, 0.15) is 31.7 Å². The molecule has 2 aliphatic rings. The van der Waals surface area contributed by atoms with E-state index in [1.807, 2.05) is 0 Å². The summed E-state index contributed by atoms with van der Waals surface area (Å²) in [6, 6.07) is -1.12. The highest BCUT2D eigenvalue weighted by Crippen LogP contribution is 2.40. The summed E-state index contributed by atoms with van der Waals surface area (Å²) in [5, 5.41) is 27.5. The lowest BCUT2D eigenvalue weighted by Gasteiger charge is -2.49. The van der Waals surface area contributed by atoms with Crippen molar-refractivity contribution >= 4 is 70.1 Å². The second-order valence-corrected chi connectivity index (χ2v) is 12.1. The number of nitrogens with zero attached hydrogens (tertiary/aromatic N) is 6. The van der Waals surface area contributed by atoms with Crippen molar-refractivity contribution in [3.63, 3.8) is 0 Å². The summed E-state index contributed by atoms with van der Waals surface area (Å²) >= 11 is 2.03. The molecule has 4 rings (SSSR count). The normalized spacial score (nSPS) is 18.4. The molecule has 20 heteroatoms. The Morgan fingerprint density at radius 1 is 1.32 bits per heavy atom. The number of amides is 3. The molecule has 0 bridgehead atoms. The number of hydrogen-bond acceptors (Lipinski definition) is 13. The summed E-state index contributed by atoms with van der Waals surface area (Å²) in [5.41, 5.74) is 10.7. The van der Waals surface area contributed by atoms with Gasteiger partial charge in [-0.25, -0.2) is 9.59 Å². The largest absolute Gasteiger partial charge is 0.478 e. The minimum atomic E-state index is -1.80. The van der Waals surface area contributed by atoms with Gasteiger partial charge in [0.15, 0.2) is 17.5 Å². The van der Waals surface area contributed by atoms with Gasteiger partial charge >= 0.3 is 11.9 Å². The Hall–Kier alpha value is -4.72. The topological polar surface area (TPSA) is 261 Å². The number of carbonyl (C=O) groups is 5. The average Bonchev–Trinajstić information content (AvgIpc) is 3.51. The van der Waals surface area contributed by atoms with E-state index < -0.39 is 46.5 Å². The van der Waals surface area contributed by atoms with Crippen molar-refractivity contribution in [2.75, 3.05) is 23.8 Å². The zero-order valence-electron chi connectivity index (χ0n) is 23.8. The molecule has 0 aliphatic carbocycles. The number of carbonyl (C=O) groups excluding carboxylic acids is 3. The van der Waals surface area contributed by atoms with Crippen molar-refractivity contribution in [1.82, 2.24) is 29.6 Å². The molecular formula is C24H31N10O8S2+. The van der Waals surface area contributed by atoms with E-state index in [2.05, 4.69) is 25.1 Å². The van der Waals surface area contributed by atoms with Crippen LogP contribution in [0.25, 0.3) is 0 Å². The summed E-state index contributed by atoms with van der Waals surface area (Å²) < 4.78 is 7.36. The number of aryl methyl sites for hydroxylation is 1. The van der Waals surface area contributed by atoms with Gasteiger partial charge in [0.2, 0.25) is 29.7 Å². The molecule has 4 heterocycles. The SMILES string of the molecule is Cn1c(N)c(CCCNC=O)c[n+]1CC1=C(C(=O)O)N2C(=O)[C@@H](NC(=O)/C(=N/OC(C)(C)C(=O)O)c3nsc(N)n3)[C@H]2SC1. The van der Waals surface area contributed by atoms with Crippen molar-refractivity contribution in [3.05, 3.63) is 28.9 Å². The number of rotatable bonds is 14. The van der Waals surface area contributed by atoms with Gasteiger partial charge in [-0.05, 0) is 26.7 Å². The Balaban J connectivity index is 1.53. The number of anilines is 2. The molecule has 0 aromatic carbocycles. The highest BCUT2D eigenvalue weighted by molar-refractivity contribution is 8.00. The smallest absolute Gasteiger partial charge is 0.352 e. The lowest BCUT2D eigenvalue weighted by atomic mass is 10.0. The van der Waals surface area contributed by atoms with E-state index in [0.29, 0.717) is 37.2 Å². The minimum absolute atomic E-state index is 0.00960. The Morgan fingerprint density at radius 3 is 2.66 bits per heavy atom. The maximum absolute atomic E-state index is 13.3. The maximum Gasteiger partial charge on any atom is 0.352 e. The Morgan fingerprint density at radius 2 is 2.05 bits per heavy atom. The van der Waals surface area contributed by atoms with Crippen LogP contribution in [0.2, 0.25) is 0 Å². The zero-order chi connectivity index (χ0) is 32.3. The second kappa shape index (κ2) is 12.9. The first-order valence-electron chi connectivity index (χ1n) is 13.1. The quantitative estimate of drug-likeness (QED) is 0.0324. The van der Waals surface area contributed by atoms with Gasteiger partial charge in [0.25, 0.3) is 11.8 Å². The summed E-state index contributed by atoms with van der Waals surface area (Å²) in [6.45, 7) is 3.06. The molecule has 44 heavy (non-hydrogen) atoms. The Bertz CT molecular complexity index is 1570. The third-order valence-electron chi connectivity index (χ3n) is 6.86. The van der Waals surface area contributed by atoms with Crippen LogP contribution < -0.4 is 26.8 Å². The van der Waals surface area contributed by atoms with E-state index in [4.69, 9.17) is 16.3 Å². The monoisotopic (exact) mass is 651 g/mol. The Labute approximate surface area is 258 Å². The van der Waals surface area contributed by atoms with Gasteiger partial charge in [0, 0.05) is 29.4 Å². The van der Waals surface area contributed by atoms with Gasteiger partial charge in [-0.3, -0.25) is 19.3 Å². The summed E-state index contributed by atoms with van der Waals surface area (Å²) in [7, 11) is 1.73. The highest BCUT2D eigenvalue weighted by atomic mass is 32.2. The number of carboxylic acid groups (broad SMARTS) is 2. The first kappa shape index (κ1) is 32.2. The summed E-state index contributed by atoms with van der Waals surface area (Å²) in [5.74, 6) is -3.78. The van der Waals surface area contributed by atoms with E-state index in [9.17, 15) is 34.2 Å². The van der Waals surface area contributed by atoms with Crippen molar-refractivity contribution < 1.29 is 43.7 Å². The van der Waals surface area contributed by atoms with Crippen LogP contribution in [0.5, 0.6) is 0 Å². The van der Waals surface area contributed by atoms with Gasteiger partial charge < -0.3 is 37.2 Å². The predicted octanol–water partition coefficient (Wildman–Crippen LogP) is -1.97. The number of aromatic nitrogens is 4. The van der Waals surface area contributed by atoms with Crippen LogP contribution in [0, 0.1) is 0 Å². The third kappa shape index (κ3) is 6.44. The van der Waals surface area contributed by atoms with Gasteiger partial charge in [0.1, 0.15) is 17.1 Å². The molecule has 0 unspecified atom stereocenters. The lowest BCUT2D eigenvalue weighted by molar-refractivity contribution is -0.765. The van der Waals surface area contributed by atoms with Crippen LogP contribution in [0.15, 0.2) is 22.6 Å². The van der Waals surface area contributed by atoms with Gasteiger partial charge in [-0.2, -0.15) is 9.36 Å². The van der Waals surface area contributed by atoms with Gasteiger partial charge in [-0.15, -0.1) is 21.1 Å². The van der Waals surface area contributed by atoms with E-state index >= 15 is 0 Å². The number of nitrogen functional groups attached to an aromatic ring is 2. The molecule has 1 saturated heterocycles. The van der Waals surface area contributed by atoms with Crippen molar-refractivity contribution in [3.8, 4) is 0 Å². The van der Waals surface area contributed by atoms with E-state index in [0.717, 1.165) is 22.0 Å². The molecule has 0 radical (unpaired) electrons. The summed E-state index contributed by atoms with van der Waals surface area (Å²) in [4.78, 5) is 70.9. The average molecular weight is 652 g/mol. The molecule has 2 atom stereocenters. The van der Waals surface area contributed by atoms with Crippen LogP contribution in [0.3, 0.4) is 0 Å². The maximum atomic E-state index is 13.3. The highest BCUT2D eigenvalue weighted by Gasteiger charge is 2.55. The summed E-state index contributed by atoms with van der Waals surface area (Å²) in [6.07, 6.45) is 3.67. The first-order chi connectivity index (χ1) is 20.8. The van der Waals surface area contributed by atoms with Crippen molar-refractivity contribution in [2.45, 2.75) is 50.3 Å². The molecule has 8 N–H and O–H groups in total. The molecule has 0 spiro atoms. The fraction of sp³-hybridized carbons (Fsp3) is 0.458. The van der Waals surface area contributed by atoms with Gasteiger partial charge in [-0.1, -0.05) is 5.16 Å². The van der Waals surface area contributed by atoms with Crippen LogP contribution in [-0.2, 0) is 48.8 Å². The number of hydrogen-bond donors (Lipinski definition) is 6. The molecule has 2 aliphatic heterocycles. The van der Waals surface area contributed by atoms with Gasteiger partial charge in [0.05, 0.1) is 12.6 Å². The molecule has 3 amide bonds. The number of nitrogens with two attached hydrogens (primary N) is 2. The molecule has 236 valence electrons. The van der Waals surface area contributed by atoms with Crippen LogP contribution >= 0.6 is 23.3 Å². The van der Waals surface area contributed by atoms with E-state index in [1.54, 1.807) is 22.6 Å². The molecule has 1 fully saturated rings. The molecule has 2 aromatic rings. The van der Waals surface area contributed by atoms with Crippen molar-refractivity contribution in [1.29, 1.82) is 0 Å². The third-order valence-corrected chi connectivity index (χ3v) is 8.74. The Kier molecular flexibility index (Phi) is 9.42. The number of oxime groups is 1. The van der Waals surface area contributed by atoms with E-state index in [-0.39, 0.29) is 29.0 Å². The number of nitrogens with one attached hydrogen (secondary N) is 2. The molecule has 18 nitrogen and oxygen atoms in total. The zero-order valence-corrected chi connectivity index (χ0v) is 25.5. The standard InChI is InChI=1S/C24H30N10O8S2/c1-24(2,22(40)41)42-30-13(17-29-23(26)44-31-17)18(36)28-14-19(37)34-15(21(38)39)12(9-43-20(14)34)8-33-7-11(16(25)32(33)3)5-4-6-27-10-35/h7,10,14,20,25H,4-6,8-9H2,1-3H3,(H6,26,27,28,29,31,35,36,38,39,40,41)/p+1/b30-13+/t14-,20-/m1/s1. The van der Waals surface area contributed by atoms with Crippen LogP contribution in [-0.4, -0.2) is 94.3 Å². The minimum Gasteiger partial charge on any atom is -0.478 e. The number of fused-ring (bicyclic) bond motifs is 1. The van der Waals surface area contributed by atoms with Crippen molar-refractivity contribution in [2.24, 2.45) is 12.2 Å². The lowest BCUT2D eigenvalue weighted by Crippen LogP contribution is -2.71.